The maximum atomic E-state index is 6.60. The number of hydrogen-bond donors (Lipinski definition) is 0. The van der Waals surface area contributed by atoms with Gasteiger partial charge < -0.3 is 14.4 Å². The molecular formula is C28H37BrN2O2. The van der Waals surface area contributed by atoms with Gasteiger partial charge in [0.25, 0.3) is 0 Å². The Kier molecular flexibility index (Phi) is 7.80. The van der Waals surface area contributed by atoms with Crippen molar-refractivity contribution in [2.45, 2.75) is 63.4 Å². The molecule has 1 aromatic carbocycles. The van der Waals surface area contributed by atoms with E-state index in [1.54, 1.807) is 7.11 Å². The third-order valence-electron chi connectivity index (χ3n) is 7.26. The lowest BCUT2D eigenvalue weighted by atomic mass is 9.71. The predicted molar refractivity (Wildman–Crippen MR) is 140 cm³/mol. The molecule has 178 valence electrons. The minimum atomic E-state index is -0.421. The summed E-state index contributed by atoms with van der Waals surface area (Å²) in [4.78, 5) is 7.19. The average molecular weight is 514 g/mol. The number of allylic oxidation sites excluding steroid dienone is 2. The summed E-state index contributed by atoms with van der Waals surface area (Å²) >= 11 is 3.64. The number of ether oxygens (including phenoxy) is 2. The van der Waals surface area contributed by atoms with E-state index in [1.165, 1.54) is 37.7 Å². The van der Waals surface area contributed by atoms with Crippen LogP contribution in [0.15, 0.2) is 52.7 Å². The van der Waals surface area contributed by atoms with Crippen LogP contribution in [0.5, 0.6) is 5.88 Å². The summed E-state index contributed by atoms with van der Waals surface area (Å²) in [6.45, 7) is 3.13. The van der Waals surface area contributed by atoms with Crippen LogP contribution >= 0.6 is 15.9 Å². The van der Waals surface area contributed by atoms with E-state index in [2.05, 4.69) is 66.1 Å². The second-order valence-corrected chi connectivity index (χ2v) is 10.9. The Balaban J connectivity index is 1.85. The molecule has 1 aliphatic heterocycles. The first-order chi connectivity index (χ1) is 15.9. The van der Waals surface area contributed by atoms with Crippen LogP contribution in [0.2, 0.25) is 0 Å². The second-order valence-electron chi connectivity index (χ2n) is 10.0. The SMILES string of the molecule is COc1nc2ccc(Br)cc2cc1C(CC1CCCCC1)C1(CCN(C)C)C=C(C)C=CO1. The number of pyridine rings is 1. The minimum Gasteiger partial charge on any atom is -0.490 e. The Morgan fingerprint density at radius 2 is 2.00 bits per heavy atom. The van der Waals surface area contributed by atoms with E-state index in [1.807, 2.05) is 18.4 Å². The molecule has 4 nitrogen and oxygen atoms in total. The Bertz CT molecular complexity index is 1030. The van der Waals surface area contributed by atoms with Crippen molar-refractivity contribution in [1.82, 2.24) is 9.88 Å². The molecule has 1 aromatic heterocycles. The highest BCUT2D eigenvalue weighted by atomic mass is 79.9. The number of nitrogens with zero attached hydrogens (tertiary/aromatic N) is 2. The van der Waals surface area contributed by atoms with Crippen molar-refractivity contribution in [3.8, 4) is 5.88 Å². The fourth-order valence-corrected chi connectivity index (χ4v) is 5.91. The molecule has 0 N–H and O–H groups in total. The average Bonchev–Trinajstić information content (AvgIpc) is 2.81. The molecule has 0 spiro atoms. The van der Waals surface area contributed by atoms with Crippen molar-refractivity contribution >= 4 is 26.8 Å². The normalized spacial score (nSPS) is 22.3. The predicted octanol–water partition coefficient (Wildman–Crippen LogP) is 7.24. The quantitative estimate of drug-likeness (QED) is 0.373. The maximum Gasteiger partial charge on any atom is 0.217 e. The zero-order chi connectivity index (χ0) is 23.4. The summed E-state index contributed by atoms with van der Waals surface area (Å²) < 4.78 is 13.6. The first-order valence-electron chi connectivity index (χ1n) is 12.2. The zero-order valence-electron chi connectivity index (χ0n) is 20.4. The van der Waals surface area contributed by atoms with Crippen molar-refractivity contribution in [2.24, 2.45) is 5.92 Å². The van der Waals surface area contributed by atoms with Gasteiger partial charge in [0.15, 0.2) is 0 Å². The summed E-state index contributed by atoms with van der Waals surface area (Å²) in [6, 6.07) is 8.53. The minimum absolute atomic E-state index is 0.159. The molecular weight excluding hydrogens is 476 g/mol. The molecule has 2 aromatic rings. The molecule has 0 radical (unpaired) electrons. The highest BCUT2D eigenvalue weighted by molar-refractivity contribution is 9.10. The smallest absolute Gasteiger partial charge is 0.217 e. The van der Waals surface area contributed by atoms with Crippen molar-refractivity contribution in [1.29, 1.82) is 0 Å². The molecule has 2 aliphatic rings. The van der Waals surface area contributed by atoms with Gasteiger partial charge in [-0.05, 0) is 75.3 Å². The van der Waals surface area contributed by atoms with Crippen LogP contribution in [0, 0.1) is 5.92 Å². The Hall–Kier alpha value is -1.85. The van der Waals surface area contributed by atoms with E-state index in [9.17, 15) is 0 Å². The molecule has 1 saturated carbocycles. The van der Waals surface area contributed by atoms with E-state index in [-0.39, 0.29) is 5.92 Å². The van der Waals surface area contributed by atoms with Gasteiger partial charge in [-0.3, -0.25) is 0 Å². The first kappa shape index (κ1) is 24.3. The molecule has 1 aliphatic carbocycles. The maximum absolute atomic E-state index is 6.60. The van der Waals surface area contributed by atoms with Gasteiger partial charge >= 0.3 is 0 Å². The molecule has 1 fully saturated rings. The molecule has 0 amide bonds. The summed E-state index contributed by atoms with van der Waals surface area (Å²) in [5.74, 6) is 1.58. The van der Waals surface area contributed by atoms with Crippen LogP contribution in [0.4, 0.5) is 0 Å². The van der Waals surface area contributed by atoms with E-state index >= 15 is 0 Å². The lowest BCUT2D eigenvalue weighted by Gasteiger charge is -2.42. The number of fused-ring (bicyclic) bond motifs is 1. The third-order valence-corrected chi connectivity index (χ3v) is 7.76. The highest BCUT2D eigenvalue weighted by Crippen LogP contribution is 2.47. The van der Waals surface area contributed by atoms with Gasteiger partial charge in [0, 0.05) is 34.3 Å². The molecule has 0 bridgehead atoms. The summed E-state index contributed by atoms with van der Waals surface area (Å²) in [7, 11) is 6.01. The van der Waals surface area contributed by atoms with Crippen LogP contribution < -0.4 is 4.74 Å². The van der Waals surface area contributed by atoms with Crippen LogP contribution in [0.3, 0.4) is 0 Å². The van der Waals surface area contributed by atoms with Crippen LogP contribution in [0.25, 0.3) is 10.9 Å². The summed E-state index contributed by atoms with van der Waals surface area (Å²) in [6.07, 6.45) is 14.9. The van der Waals surface area contributed by atoms with E-state index in [4.69, 9.17) is 14.5 Å². The van der Waals surface area contributed by atoms with Crippen LogP contribution in [-0.2, 0) is 4.74 Å². The number of halogens is 1. The van der Waals surface area contributed by atoms with Gasteiger partial charge in [0.05, 0.1) is 18.9 Å². The highest BCUT2D eigenvalue weighted by Gasteiger charge is 2.43. The van der Waals surface area contributed by atoms with Gasteiger partial charge in [-0.15, -0.1) is 0 Å². The Labute approximate surface area is 207 Å². The van der Waals surface area contributed by atoms with Crippen molar-refractivity contribution in [3.05, 3.63) is 58.3 Å². The van der Waals surface area contributed by atoms with Gasteiger partial charge in [0.2, 0.25) is 5.88 Å². The van der Waals surface area contributed by atoms with Crippen molar-refractivity contribution in [3.63, 3.8) is 0 Å². The van der Waals surface area contributed by atoms with Gasteiger partial charge in [-0.1, -0.05) is 48.0 Å². The Morgan fingerprint density at radius 1 is 1.21 bits per heavy atom. The zero-order valence-corrected chi connectivity index (χ0v) is 22.0. The topological polar surface area (TPSA) is 34.6 Å². The standard InChI is InChI=1S/C28H37BrN2O2/c1-20-12-15-33-28(19-20,13-14-31(2)3)25(16-21-8-6-5-7-9-21)24-18-22-17-23(29)10-11-26(22)30-27(24)32-4/h10-12,15,17-19,21,25H,5-9,13-14,16H2,1-4H3. The van der Waals surface area contributed by atoms with Gasteiger partial charge in [0.1, 0.15) is 5.60 Å². The van der Waals surface area contributed by atoms with Crippen molar-refractivity contribution in [2.75, 3.05) is 27.7 Å². The number of methoxy groups -OCH3 is 1. The monoisotopic (exact) mass is 512 g/mol. The first-order valence-corrected chi connectivity index (χ1v) is 13.0. The third kappa shape index (κ3) is 5.63. The Morgan fingerprint density at radius 3 is 2.70 bits per heavy atom. The number of hydrogen-bond acceptors (Lipinski definition) is 4. The molecule has 4 rings (SSSR count). The largest absolute Gasteiger partial charge is 0.490 e. The second kappa shape index (κ2) is 10.6. The van der Waals surface area contributed by atoms with Crippen molar-refractivity contribution < 1.29 is 9.47 Å². The number of aromatic nitrogens is 1. The van der Waals surface area contributed by atoms with Crippen LogP contribution in [-0.4, -0.2) is 43.2 Å². The van der Waals surface area contributed by atoms with E-state index in [0.29, 0.717) is 5.92 Å². The lowest BCUT2D eigenvalue weighted by molar-refractivity contribution is 0.0132. The summed E-state index contributed by atoms with van der Waals surface area (Å²) in [5.41, 5.74) is 2.94. The fourth-order valence-electron chi connectivity index (χ4n) is 5.53. The molecule has 5 heteroatoms. The van der Waals surface area contributed by atoms with E-state index in [0.717, 1.165) is 46.2 Å². The molecule has 2 heterocycles. The van der Waals surface area contributed by atoms with Gasteiger partial charge in [-0.2, -0.15) is 0 Å². The number of rotatable bonds is 8. The fraction of sp³-hybridized carbons (Fsp3) is 0.536. The van der Waals surface area contributed by atoms with Gasteiger partial charge in [-0.25, -0.2) is 4.98 Å². The number of benzene rings is 1. The molecule has 2 unspecified atom stereocenters. The van der Waals surface area contributed by atoms with Crippen LogP contribution in [0.1, 0.15) is 63.4 Å². The molecule has 2 atom stereocenters. The molecule has 33 heavy (non-hydrogen) atoms. The molecule has 0 saturated heterocycles. The summed E-state index contributed by atoms with van der Waals surface area (Å²) in [5, 5.41) is 1.13. The lowest BCUT2D eigenvalue weighted by Crippen LogP contribution is -2.41. The van der Waals surface area contributed by atoms with E-state index < -0.39 is 5.60 Å².